The van der Waals surface area contributed by atoms with Crippen LogP contribution in [0.15, 0.2) is 70.4 Å². The third-order valence-electron chi connectivity index (χ3n) is 5.27. The Kier molecular flexibility index (Phi) is 5.17. The summed E-state index contributed by atoms with van der Waals surface area (Å²) in [7, 11) is 4.80. The Morgan fingerprint density at radius 3 is 2.13 bits per heavy atom. The molecule has 0 N–H and O–H groups in total. The van der Waals surface area contributed by atoms with E-state index < -0.39 is 11.1 Å². The zero-order chi connectivity index (χ0) is 22.1. The molecule has 0 aliphatic heterocycles. The predicted molar refractivity (Wildman–Crippen MR) is 121 cm³/mol. The first-order valence-electron chi connectivity index (χ1n) is 9.67. The number of methoxy groups -OCH3 is 1. The van der Waals surface area contributed by atoms with E-state index in [-0.39, 0.29) is 5.22 Å². The molecule has 0 aliphatic carbocycles. The Labute approximate surface area is 178 Å². The highest BCUT2D eigenvalue weighted by molar-refractivity contribution is 5.72. The van der Waals surface area contributed by atoms with Crippen molar-refractivity contribution in [3.63, 3.8) is 0 Å². The van der Waals surface area contributed by atoms with Gasteiger partial charge in [0.2, 0.25) is 0 Å². The standard InChI is InChI=1S/C24H22N4O3/c1-16-26(2)23(29)21(24(30)27(16)3)14-18-15-28(19-8-6-5-7-9-19)25-22(18)17-10-12-20(31-4)13-11-17/h5-15H,1H2,2-4H3. The van der Waals surface area contributed by atoms with Crippen molar-refractivity contribution in [3.8, 4) is 22.7 Å². The largest absolute Gasteiger partial charge is 0.497 e. The van der Waals surface area contributed by atoms with Gasteiger partial charge in [-0.2, -0.15) is 5.10 Å². The molecule has 2 aromatic carbocycles. The molecule has 0 aliphatic rings. The molecule has 0 unspecified atom stereocenters. The van der Waals surface area contributed by atoms with Gasteiger partial charge in [-0.1, -0.05) is 24.8 Å². The lowest BCUT2D eigenvalue weighted by Crippen LogP contribution is -2.56. The number of para-hydroxylation sites is 1. The normalized spacial score (nSPS) is 10.8. The van der Waals surface area contributed by atoms with Crippen LogP contribution in [0.1, 0.15) is 5.56 Å². The van der Waals surface area contributed by atoms with Crippen LogP contribution in [0.5, 0.6) is 5.75 Å². The number of nitrogens with zero attached hydrogens (tertiary/aromatic N) is 4. The summed E-state index contributed by atoms with van der Waals surface area (Å²) in [6.07, 6.45) is 3.40. The summed E-state index contributed by atoms with van der Waals surface area (Å²) in [5.74, 6) is 0.727. The first kappa shape index (κ1) is 20.2. The van der Waals surface area contributed by atoms with Gasteiger partial charge in [-0.15, -0.1) is 0 Å². The van der Waals surface area contributed by atoms with Gasteiger partial charge < -0.3 is 4.74 Å². The molecule has 2 heterocycles. The van der Waals surface area contributed by atoms with E-state index in [1.807, 2.05) is 60.8 Å². The van der Waals surface area contributed by atoms with Crippen LogP contribution in [-0.4, -0.2) is 26.0 Å². The minimum absolute atomic E-state index is 0.0553. The molecule has 0 radical (unpaired) electrons. The van der Waals surface area contributed by atoms with Gasteiger partial charge in [0.05, 0.1) is 18.5 Å². The third kappa shape index (κ3) is 3.61. The van der Waals surface area contributed by atoms with Crippen molar-refractivity contribution in [2.24, 2.45) is 14.1 Å². The van der Waals surface area contributed by atoms with Gasteiger partial charge >= 0.3 is 0 Å². The second kappa shape index (κ2) is 7.95. The second-order valence-electron chi connectivity index (χ2n) is 7.14. The molecular weight excluding hydrogens is 392 g/mol. The lowest BCUT2D eigenvalue weighted by molar-refractivity contribution is 0.415. The van der Waals surface area contributed by atoms with Crippen molar-refractivity contribution in [2.75, 3.05) is 7.11 Å². The van der Waals surface area contributed by atoms with E-state index in [4.69, 9.17) is 9.84 Å². The topological polar surface area (TPSA) is 71.1 Å². The smallest absolute Gasteiger partial charge is 0.264 e. The molecule has 0 atom stereocenters. The second-order valence-corrected chi connectivity index (χ2v) is 7.14. The summed E-state index contributed by atoms with van der Waals surface area (Å²) in [6, 6.07) is 17.1. The van der Waals surface area contributed by atoms with E-state index in [0.29, 0.717) is 16.7 Å². The summed E-state index contributed by atoms with van der Waals surface area (Å²) < 4.78 is 9.71. The zero-order valence-electron chi connectivity index (χ0n) is 17.6. The lowest BCUT2D eigenvalue weighted by Gasteiger charge is -2.04. The zero-order valence-corrected chi connectivity index (χ0v) is 17.6. The molecule has 4 aromatic rings. The van der Waals surface area contributed by atoms with Gasteiger partial charge in [0.25, 0.3) is 11.1 Å². The molecular formula is C24H22N4O3. The lowest BCUT2D eigenvalue weighted by atomic mass is 10.1. The van der Waals surface area contributed by atoms with Crippen molar-refractivity contribution in [1.29, 1.82) is 0 Å². The molecule has 7 heteroatoms. The maximum absolute atomic E-state index is 12.8. The monoisotopic (exact) mass is 414 g/mol. The molecule has 0 saturated carbocycles. The van der Waals surface area contributed by atoms with Gasteiger partial charge in [-0.3, -0.25) is 18.7 Å². The average Bonchev–Trinajstić information content (AvgIpc) is 3.24. The molecule has 2 aromatic heterocycles. The quantitative estimate of drug-likeness (QED) is 0.503. The van der Waals surface area contributed by atoms with E-state index in [1.54, 1.807) is 32.0 Å². The summed E-state index contributed by atoms with van der Waals surface area (Å²) in [5, 5.41) is 4.79. The third-order valence-corrected chi connectivity index (χ3v) is 5.27. The Balaban J connectivity index is 2.01. The highest BCUT2D eigenvalue weighted by atomic mass is 16.5. The fraction of sp³-hybridized carbons (Fsp3) is 0.125. The minimum atomic E-state index is -0.402. The van der Waals surface area contributed by atoms with E-state index in [1.165, 1.54) is 9.13 Å². The average molecular weight is 414 g/mol. The number of rotatable bonds is 4. The van der Waals surface area contributed by atoms with E-state index in [2.05, 4.69) is 6.58 Å². The fourth-order valence-corrected chi connectivity index (χ4v) is 3.37. The fourth-order valence-electron chi connectivity index (χ4n) is 3.37. The minimum Gasteiger partial charge on any atom is -0.497 e. The molecule has 0 bridgehead atoms. The van der Waals surface area contributed by atoms with Crippen molar-refractivity contribution < 1.29 is 4.74 Å². The number of aromatic nitrogens is 4. The van der Waals surface area contributed by atoms with E-state index >= 15 is 0 Å². The van der Waals surface area contributed by atoms with Gasteiger partial charge in [0.1, 0.15) is 16.4 Å². The summed E-state index contributed by atoms with van der Waals surface area (Å²) >= 11 is 0. The van der Waals surface area contributed by atoms with Gasteiger partial charge in [-0.25, -0.2) is 4.68 Å². The number of benzene rings is 2. The van der Waals surface area contributed by atoms with Crippen LogP contribution in [-0.2, 0) is 14.1 Å². The van der Waals surface area contributed by atoms with Crippen LogP contribution in [0, 0.1) is 0 Å². The van der Waals surface area contributed by atoms with Crippen LogP contribution in [0.3, 0.4) is 0 Å². The number of ether oxygens (including phenoxy) is 1. The van der Waals surface area contributed by atoms with Crippen molar-refractivity contribution in [1.82, 2.24) is 18.9 Å². The molecule has 0 saturated heterocycles. The van der Waals surface area contributed by atoms with E-state index in [9.17, 15) is 9.59 Å². The maximum atomic E-state index is 12.8. The molecule has 7 nitrogen and oxygen atoms in total. The summed E-state index contributed by atoms with van der Waals surface area (Å²) in [6.45, 7) is 3.80. The number of hydrogen-bond acceptors (Lipinski definition) is 4. The molecule has 0 amide bonds. The SMILES string of the molecule is C=c1n(C)c(=O)c(=Cc2cn(-c3ccccc3)nc2-c2ccc(OC)cc2)c(=O)n1C. The first-order chi connectivity index (χ1) is 14.9. The Hall–Kier alpha value is -4.13. The van der Waals surface area contributed by atoms with Gasteiger partial charge in [-0.05, 0) is 42.5 Å². The Morgan fingerprint density at radius 2 is 1.55 bits per heavy atom. The molecule has 156 valence electrons. The predicted octanol–water partition coefficient (Wildman–Crippen LogP) is 1.18. The van der Waals surface area contributed by atoms with Gasteiger partial charge in [0.15, 0.2) is 0 Å². The highest BCUT2D eigenvalue weighted by Gasteiger charge is 2.13. The van der Waals surface area contributed by atoms with Crippen LogP contribution in [0.25, 0.3) is 29.6 Å². The van der Waals surface area contributed by atoms with Crippen molar-refractivity contribution in [2.45, 2.75) is 0 Å². The highest BCUT2D eigenvalue weighted by Crippen LogP contribution is 2.26. The molecule has 31 heavy (non-hydrogen) atoms. The Morgan fingerprint density at radius 1 is 0.935 bits per heavy atom. The Bertz CT molecular complexity index is 1430. The van der Waals surface area contributed by atoms with Crippen LogP contribution in [0.4, 0.5) is 0 Å². The summed E-state index contributed by atoms with van der Waals surface area (Å²) in [5.41, 5.74) is 2.54. The number of hydrogen-bond donors (Lipinski definition) is 0. The van der Waals surface area contributed by atoms with Gasteiger partial charge in [0, 0.05) is 31.4 Å². The molecule has 0 fully saturated rings. The summed E-state index contributed by atoms with van der Waals surface area (Å²) in [4.78, 5) is 25.6. The molecule has 0 spiro atoms. The van der Waals surface area contributed by atoms with E-state index in [0.717, 1.165) is 17.0 Å². The van der Waals surface area contributed by atoms with Crippen molar-refractivity contribution in [3.05, 3.63) is 97.8 Å². The molecule has 4 rings (SSSR count). The maximum Gasteiger partial charge on any atom is 0.264 e. The van der Waals surface area contributed by atoms with Crippen LogP contribution < -0.4 is 26.6 Å². The first-order valence-corrected chi connectivity index (χ1v) is 9.67. The van der Waals surface area contributed by atoms with Crippen molar-refractivity contribution >= 4 is 12.7 Å². The van der Waals surface area contributed by atoms with Crippen LogP contribution >= 0.6 is 0 Å². The van der Waals surface area contributed by atoms with Crippen LogP contribution in [0.2, 0.25) is 0 Å².